The lowest BCUT2D eigenvalue weighted by Crippen LogP contribution is -2.23. The summed E-state index contributed by atoms with van der Waals surface area (Å²) in [4.78, 5) is 17.4. The van der Waals surface area contributed by atoms with Crippen LogP contribution in [0.1, 0.15) is 18.9 Å². The van der Waals surface area contributed by atoms with Crippen LogP contribution >= 0.6 is 11.8 Å². The van der Waals surface area contributed by atoms with Crippen molar-refractivity contribution < 1.29 is 9.13 Å². The summed E-state index contributed by atoms with van der Waals surface area (Å²) in [6.45, 7) is 2.62. The number of rotatable bonds is 6. The van der Waals surface area contributed by atoms with E-state index in [1.807, 2.05) is 25.1 Å². The molecular formula is C19H19FN2O2S. The Kier molecular flexibility index (Phi) is 5.38. The molecule has 4 nitrogen and oxygen atoms in total. The predicted octanol–water partition coefficient (Wildman–Crippen LogP) is 4.25. The van der Waals surface area contributed by atoms with E-state index in [4.69, 9.17) is 4.74 Å². The minimum absolute atomic E-state index is 0.0406. The summed E-state index contributed by atoms with van der Waals surface area (Å²) in [5.41, 5.74) is 1.37. The van der Waals surface area contributed by atoms with Crippen LogP contribution in [0.15, 0.2) is 52.4 Å². The third-order valence-electron chi connectivity index (χ3n) is 3.87. The number of hydrogen-bond donors (Lipinski definition) is 0. The second-order valence-electron chi connectivity index (χ2n) is 5.61. The number of aromatic nitrogens is 2. The fourth-order valence-corrected chi connectivity index (χ4v) is 3.68. The minimum Gasteiger partial charge on any atom is -0.496 e. The summed E-state index contributed by atoms with van der Waals surface area (Å²) in [5, 5.41) is 1.25. The summed E-state index contributed by atoms with van der Waals surface area (Å²) < 4.78 is 20.5. The van der Waals surface area contributed by atoms with Crippen molar-refractivity contribution in [3.63, 3.8) is 0 Å². The van der Waals surface area contributed by atoms with Gasteiger partial charge >= 0.3 is 0 Å². The Balaban J connectivity index is 1.99. The van der Waals surface area contributed by atoms with Gasteiger partial charge in [-0.1, -0.05) is 30.8 Å². The van der Waals surface area contributed by atoms with Crippen LogP contribution in [-0.4, -0.2) is 16.7 Å². The highest BCUT2D eigenvalue weighted by atomic mass is 32.2. The van der Waals surface area contributed by atoms with Gasteiger partial charge in [0.2, 0.25) is 0 Å². The van der Waals surface area contributed by atoms with Crippen LogP contribution in [0.3, 0.4) is 0 Å². The Labute approximate surface area is 149 Å². The van der Waals surface area contributed by atoms with E-state index in [0.717, 1.165) is 12.0 Å². The molecule has 0 bridgehead atoms. The number of benzene rings is 2. The molecule has 6 heteroatoms. The molecule has 3 aromatic rings. The summed E-state index contributed by atoms with van der Waals surface area (Å²) in [5.74, 6) is 0.781. The maximum Gasteiger partial charge on any atom is 0.262 e. The highest BCUT2D eigenvalue weighted by molar-refractivity contribution is 7.98. The Hall–Kier alpha value is -2.34. The molecule has 2 aromatic carbocycles. The quantitative estimate of drug-likeness (QED) is 0.488. The van der Waals surface area contributed by atoms with Gasteiger partial charge in [-0.15, -0.1) is 0 Å². The average Bonchev–Trinajstić information content (AvgIpc) is 2.63. The van der Waals surface area contributed by atoms with Crippen LogP contribution in [-0.2, 0) is 12.3 Å². The minimum atomic E-state index is -0.311. The largest absolute Gasteiger partial charge is 0.496 e. The number of nitrogens with zero attached hydrogens (tertiary/aromatic N) is 2. The molecular weight excluding hydrogens is 339 g/mol. The maximum absolute atomic E-state index is 13.5. The van der Waals surface area contributed by atoms with Gasteiger partial charge in [0.05, 0.1) is 18.0 Å². The van der Waals surface area contributed by atoms with Crippen molar-refractivity contribution in [3.8, 4) is 5.75 Å². The second kappa shape index (κ2) is 7.70. The van der Waals surface area contributed by atoms with Gasteiger partial charge in [0.15, 0.2) is 5.16 Å². The lowest BCUT2D eigenvalue weighted by Gasteiger charge is -2.13. The molecule has 0 N–H and O–H groups in total. The number of fused-ring (bicyclic) bond motifs is 1. The molecule has 0 radical (unpaired) electrons. The van der Waals surface area contributed by atoms with Crippen LogP contribution in [0, 0.1) is 5.82 Å². The maximum atomic E-state index is 13.5. The van der Waals surface area contributed by atoms with E-state index in [9.17, 15) is 9.18 Å². The molecule has 1 aromatic heterocycles. The standard InChI is InChI=1S/C19H19FN2O2S/c1-3-10-22-18(23)15-6-4-5-7-16(15)21-19(22)25-12-13-11-14(20)8-9-17(13)24-2/h4-9,11H,3,10,12H2,1-2H3. The topological polar surface area (TPSA) is 44.1 Å². The molecule has 0 amide bonds. The van der Waals surface area contributed by atoms with Crippen molar-refractivity contribution in [3.05, 3.63) is 64.2 Å². The van der Waals surface area contributed by atoms with Gasteiger partial charge in [0.1, 0.15) is 11.6 Å². The van der Waals surface area contributed by atoms with Crippen LogP contribution in [0.2, 0.25) is 0 Å². The molecule has 130 valence electrons. The van der Waals surface area contributed by atoms with Crippen LogP contribution in [0.25, 0.3) is 10.9 Å². The summed E-state index contributed by atoms with van der Waals surface area (Å²) in [6.07, 6.45) is 0.830. The lowest BCUT2D eigenvalue weighted by atomic mass is 10.2. The van der Waals surface area contributed by atoms with Crippen LogP contribution < -0.4 is 10.3 Å². The third kappa shape index (κ3) is 3.69. The summed E-state index contributed by atoms with van der Waals surface area (Å²) >= 11 is 1.41. The fourth-order valence-electron chi connectivity index (χ4n) is 2.68. The Morgan fingerprint density at radius 3 is 2.80 bits per heavy atom. The number of hydrogen-bond acceptors (Lipinski definition) is 4. The van der Waals surface area contributed by atoms with E-state index in [2.05, 4.69) is 4.98 Å². The van der Waals surface area contributed by atoms with Crippen molar-refractivity contribution in [2.75, 3.05) is 7.11 Å². The molecule has 0 aliphatic carbocycles. The first-order valence-corrected chi connectivity index (χ1v) is 9.07. The predicted molar refractivity (Wildman–Crippen MR) is 98.8 cm³/mol. The van der Waals surface area contributed by atoms with E-state index in [-0.39, 0.29) is 11.4 Å². The lowest BCUT2D eigenvalue weighted by molar-refractivity contribution is 0.410. The van der Waals surface area contributed by atoms with Gasteiger partial charge in [-0.25, -0.2) is 9.37 Å². The first-order chi connectivity index (χ1) is 12.1. The molecule has 3 rings (SSSR count). The number of methoxy groups -OCH3 is 1. The van der Waals surface area contributed by atoms with Crippen LogP contribution in [0.5, 0.6) is 5.75 Å². The number of para-hydroxylation sites is 1. The Bertz CT molecular complexity index is 956. The van der Waals surface area contributed by atoms with Crippen molar-refractivity contribution in [1.29, 1.82) is 0 Å². The molecule has 25 heavy (non-hydrogen) atoms. The SMILES string of the molecule is CCCn1c(SCc2cc(F)ccc2OC)nc2ccccc2c1=O. The van der Waals surface area contributed by atoms with E-state index >= 15 is 0 Å². The fraction of sp³-hybridized carbons (Fsp3) is 0.263. The summed E-state index contributed by atoms with van der Waals surface area (Å²) in [7, 11) is 1.56. The second-order valence-corrected chi connectivity index (χ2v) is 6.56. The van der Waals surface area contributed by atoms with E-state index < -0.39 is 0 Å². The zero-order valence-electron chi connectivity index (χ0n) is 14.2. The van der Waals surface area contributed by atoms with Crippen molar-refractivity contribution >= 4 is 22.7 Å². The monoisotopic (exact) mass is 358 g/mol. The first kappa shape index (κ1) is 17.5. The van der Waals surface area contributed by atoms with E-state index in [0.29, 0.717) is 34.1 Å². The molecule has 0 aliphatic rings. The van der Waals surface area contributed by atoms with Gasteiger partial charge in [-0.05, 0) is 36.8 Å². The molecule has 0 spiro atoms. The van der Waals surface area contributed by atoms with Gasteiger partial charge < -0.3 is 4.74 Å². The molecule has 0 saturated carbocycles. The highest BCUT2D eigenvalue weighted by Crippen LogP contribution is 2.28. The molecule has 0 fully saturated rings. The van der Waals surface area contributed by atoms with Crippen molar-refractivity contribution in [1.82, 2.24) is 9.55 Å². The number of halogens is 1. The third-order valence-corrected chi connectivity index (χ3v) is 4.90. The number of thioether (sulfide) groups is 1. The first-order valence-electron chi connectivity index (χ1n) is 8.08. The van der Waals surface area contributed by atoms with E-state index in [1.54, 1.807) is 23.8 Å². The van der Waals surface area contributed by atoms with Crippen molar-refractivity contribution in [2.45, 2.75) is 30.8 Å². The Morgan fingerprint density at radius 1 is 1.24 bits per heavy atom. The normalized spacial score (nSPS) is 11.0. The van der Waals surface area contributed by atoms with Gasteiger partial charge in [0, 0.05) is 17.9 Å². The zero-order valence-corrected chi connectivity index (χ0v) is 15.0. The Morgan fingerprint density at radius 2 is 2.04 bits per heavy atom. The smallest absolute Gasteiger partial charge is 0.262 e. The number of ether oxygens (including phenoxy) is 1. The summed E-state index contributed by atoms with van der Waals surface area (Å²) in [6, 6.07) is 11.8. The van der Waals surface area contributed by atoms with E-state index in [1.165, 1.54) is 23.9 Å². The average molecular weight is 358 g/mol. The molecule has 0 atom stereocenters. The molecule has 1 heterocycles. The van der Waals surface area contributed by atoms with Gasteiger partial charge in [0.25, 0.3) is 5.56 Å². The zero-order chi connectivity index (χ0) is 17.8. The molecule has 0 saturated heterocycles. The van der Waals surface area contributed by atoms with Crippen molar-refractivity contribution in [2.24, 2.45) is 0 Å². The molecule has 0 aliphatic heterocycles. The van der Waals surface area contributed by atoms with Gasteiger partial charge in [-0.2, -0.15) is 0 Å². The highest BCUT2D eigenvalue weighted by Gasteiger charge is 2.12. The molecule has 0 unspecified atom stereocenters. The van der Waals surface area contributed by atoms with Gasteiger partial charge in [-0.3, -0.25) is 9.36 Å². The van der Waals surface area contributed by atoms with Crippen LogP contribution in [0.4, 0.5) is 4.39 Å².